The number of rotatable bonds is 7. The molecular weight excluding hydrogens is 204 g/mol. The maximum atomic E-state index is 12.0. The van der Waals surface area contributed by atoms with Crippen LogP contribution in [0.25, 0.3) is 0 Å². The summed E-state index contributed by atoms with van der Waals surface area (Å²) < 4.78 is 0. The Morgan fingerprint density at radius 2 is 1.69 bits per heavy atom. The molecule has 0 bridgehead atoms. The quantitative estimate of drug-likeness (QED) is 0.685. The molecule has 16 heavy (non-hydrogen) atoms. The van der Waals surface area contributed by atoms with Crippen LogP contribution in [-0.4, -0.2) is 24.3 Å². The molecule has 0 heterocycles. The monoisotopic (exact) mass is 228 g/mol. The standard InChI is InChI=1S/C12H24N2O2/c1-5-9(6-2)11(12(16)8(3)4)14-10(15)7-13/h8-9,11H,5-7,13H2,1-4H3,(H,14,15)/t11-/m0/s1. The van der Waals surface area contributed by atoms with Crippen molar-refractivity contribution in [2.75, 3.05) is 6.54 Å². The maximum absolute atomic E-state index is 12.0. The molecule has 0 unspecified atom stereocenters. The van der Waals surface area contributed by atoms with Crippen LogP contribution in [0.4, 0.5) is 0 Å². The predicted octanol–water partition coefficient (Wildman–Crippen LogP) is 1.09. The summed E-state index contributed by atoms with van der Waals surface area (Å²) in [6.07, 6.45) is 1.76. The van der Waals surface area contributed by atoms with Gasteiger partial charge in [-0.05, 0) is 5.92 Å². The SMILES string of the molecule is CCC(CC)[C@H](NC(=O)CN)C(=O)C(C)C. The van der Waals surface area contributed by atoms with Crippen molar-refractivity contribution in [3.05, 3.63) is 0 Å². The molecule has 1 amide bonds. The Hall–Kier alpha value is -0.900. The van der Waals surface area contributed by atoms with Crippen LogP contribution in [0.2, 0.25) is 0 Å². The van der Waals surface area contributed by atoms with Gasteiger partial charge in [0.15, 0.2) is 5.78 Å². The third-order valence-electron chi connectivity index (χ3n) is 2.90. The van der Waals surface area contributed by atoms with Crippen molar-refractivity contribution in [3.63, 3.8) is 0 Å². The van der Waals surface area contributed by atoms with Crippen molar-refractivity contribution >= 4 is 11.7 Å². The van der Waals surface area contributed by atoms with Crippen LogP contribution in [-0.2, 0) is 9.59 Å². The van der Waals surface area contributed by atoms with Gasteiger partial charge in [0, 0.05) is 5.92 Å². The number of carbonyl (C=O) groups excluding carboxylic acids is 2. The van der Waals surface area contributed by atoms with Crippen LogP contribution in [0.1, 0.15) is 40.5 Å². The van der Waals surface area contributed by atoms with Crippen molar-refractivity contribution in [2.45, 2.75) is 46.6 Å². The molecule has 0 saturated carbocycles. The van der Waals surface area contributed by atoms with Crippen molar-refractivity contribution in [1.29, 1.82) is 0 Å². The average Bonchev–Trinajstić information content (AvgIpc) is 2.27. The van der Waals surface area contributed by atoms with E-state index < -0.39 is 0 Å². The Morgan fingerprint density at radius 3 is 2.00 bits per heavy atom. The van der Waals surface area contributed by atoms with Crippen LogP contribution in [0.3, 0.4) is 0 Å². The highest BCUT2D eigenvalue weighted by Gasteiger charge is 2.28. The maximum Gasteiger partial charge on any atom is 0.234 e. The molecule has 4 heteroatoms. The number of Topliss-reactive ketones (excluding diaryl/α,β-unsaturated/α-hetero) is 1. The van der Waals surface area contributed by atoms with E-state index in [1.54, 1.807) is 0 Å². The summed E-state index contributed by atoms with van der Waals surface area (Å²) >= 11 is 0. The first-order valence-corrected chi connectivity index (χ1v) is 6.00. The molecule has 0 fully saturated rings. The molecule has 3 N–H and O–H groups in total. The number of nitrogens with one attached hydrogen (secondary N) is 1. The van der Waals surface area contributed by atoms with Gasteiger partial charge in [-0.25, -0.2) is 0 Å². The van der Waals surface area contributed by atoms with Crippen molar-refractivity contribution in [1.82, 2.24) is 5.32 Å². The summed E-state index contributed by atoms with van der Waals surface area (Å²) in [6, 6.07) is -0.383. The van der Waals surface area contributed by atoms with Crippen LogP contribution in [0.15, 0.2) is 0 Å². The molecular formula is C12H24N2O2. The molecule has 0 aromatic carbocycles. The minimum Gasteiger partial charge on any atom is -0.345 e. The van der Waals surface area contributed by atoms with Crippen LogP contribution < -0.4 is 11.1 Å². The van der Waals surface area contributed by atoms with E-state index >= 15 is 0 Å². The zero-order valence-electron chi connectivity index (χ0n) is 10.7. The highest BCUT2D eigenvalue weighted by atomic mass is 16.2. The average molecular weight is 228 g/mol. The molecule has 0 aromatic rings. The Labute approximate surface area is 98.0 Å². The van der Waals surface area contributed by atoms with E-state index in [2.05, 4.69) is 5.32 Å². The molecule has 0 saturated heterocycles. The van der Waals surface area contributed by atoms with E-state index in [9.17, 15) is 9.59 Å². The van der Waals surface area contributed by atoms with E-state index in [1.165, 1.54) is 0 Å². The normalized spacial score (nSPS) is 12.9. The summed E-state index contributed by atoms with van der Waals surface area (Å²) in [4.78, 5) is 23.3. The molecule has 0 aromatic heterocycles. The fourth-order valence-electron chi connectivity index (χ4n) is 1.77. The molecule has 1 atom stereocenters. The van der Waals surface area contributed by atoms with Gasteiger partial charge < -0.3 is 11.1 Å². The van der Waals surface area contributed by atoms with Crippen LogP contribution in [0, 0.1) is 11.8 Å². The molecule has 0 aliphatic heterocycles. The molecule has 94 valence electrons. The van der Waals surface area contributed by atoms with Gasteiger partial charge in [-0.2, -0.15) is 0 Å². The van der Waals surface area contributed by atoms with Gasteiger partial charge in [-0.1, -0.05) is 40.5 Å². The minimum atomic E-state index is -0.383. The fourth-order valence-corrected chi connectivity index (χ4v) is 1.77. The molecule has 0 spiro atoms. The number of carbonyl (C=O) groups is 2. The first-order valence-electron chi connectivity index (χ1n) is 6.00. The van der Waals surface area contributed by atoms with Gasteiger partial charge >= 0.3 is 0 Å². The third-order valence-corrected chi connectivity index (χ3v) is 2.90. The van der Waals surface area contributed by atoms with Gasteiger partial charge in [-0.15, -0.1) is 0 Å². The molecule has 4 nitrogen and oxygen atoms in total. The van der Waals surface area contributed by atoms with Gasteiger partial charge in [0.2, 0.25) is 5.91 Å². The smallest absolute Gasteiger partial charge is 0.234 e. The molecule has 0 aliphatic carbocycles. The van der Waals surface area contributed by atoms with Crippen LogP contribution >= 0.6 is 0 Å². The number of ketones is 1. The predicted molar refractivity (Wildman–Crippen MR) is 64.9 cm³/mol. The van der Waals surface area contributed by atoms with Gasteiger partial charge in [-0.3, -0.25) is 9.59 Å². The van der Waals surface area contributed by atoms with E-state index in [-0.39, 0.29) is 36.1 Å². The Morgan fingerprint density at radius 1 is 1.19 bits per heavy atom. The highest BCUT2D eigenvalue weighted by molar-refractivity contribution is 5.90. The third kappa shape index (κ3) is 4.31. The fraction of sp³-hybridized carbons (Fsp3) is 0.833. The van der Waals surface area contributed by atoms with Crippen molar-refractivity contribution in [2.24, 2.45) is 17.6 Å². The Balaban J connectivity index is 4.74. The lowest BCUT2D eigenvalue weighted by atomic mass is 9.87. The zero-order chi connectivity index (χ0) is 12.7. The second-order valence-electron chi connectivity index (χ2n) is 4.38. The zero-order valence-corrected chi connectivity index (χ0v) is 10.7. The summed E-state index contributed by atoms with van der Waals surface area (Å²) in [7, 11) is 0. The van der Waals surface area contributed by atoms with Crippen molar-refractivity contribution in [3.8, 4) is 0 Å². The largest absolute Gasteiger partial charge is 0.345 e. The number of hydrogen-bond donors (Lipinski definition) is 2. The summed E-state index contributed by atoms with van der Waals surface area (Å²) in [5, 5.41) is 2.74. The van der Waals surface area contributed by atoms with E-state index in [4.69, 9.17) is 5.73 Å². The van der Waals surface area contributed by atoms with E-state index in [0.29, 0.717) is 0 Å². The lowest BCUT2D eigenvalue weighted by Gasteiger charge is -2.26. The topological polar surface area (TPSA) is 72.2 Å². The van der Waals surface area contributed by atoms with E-state index in [0.717, 1.165) is 12.8 Å². The highest BCUT2D eigenvalue weighted by Crippen LogP contribution is 2.17. The summed E-state index contributed by atoms with van der Waals surface area (Å²) in [5.74, 6) is -0.0320. The van der Waals surface area contributed by atoms with Gasteiger partial charge in [0.25, 0.3) is 0 Å². The van der Waals surface area contributed by atoms with Gasteiger partial charge in [0.1, 0.15) is 0 Å². The Kier molecular flexibility index (Phi) is 6.97. The lowest BCUT2D eigenvalue weighted by molar-refractivity contribution is -0.130. The first kappa shape index (κ1) is 15.1. The lowest BCUT2D eigenvalue weighted by Crippen LogP contribution is -2.49. The molecule has 0 radical (unpaired) electrons. The minimum absolute atomic E-state index is 0.0660. The summed E-state index contributed by atoms with van der Waals surface area (Å²) in [6.45, 7) is 7.70. The second-order valence-corrected chi connectivity index (χ2v) is 4.38. The Bertz CT molecular complexity index is 235. The van der Waals surface area contributed by atoms with E-state index in [1.807, 2.05) is 27.7 Å². The van der Waals surface area contributed by atoms with Crippen molar-refractivity contribution < 1.29 is 9.59 Å². The van der Waals surface area contributed by atoms with Crippen LogP contribution in [0.5, 0.6) is 0 Å². The number of nitrogens with two attached hydrogens (primary N) is 1. The first-order chi connectivity index (χ1) is 7.47. The summed E-state index contributed by atoms with van der Waals surface area (Å²) in [5.41, 5.74) is 5.26. The number of hydrogen-bond acceptors (Lipinski definition) is 3. The molecule has 0 rings (SSSR count). The molecule has 0 aliphatic rings. The van der Waals surface area contributed by atoms with Gasteiger partial charge in [0.05, 0.1) is 12.6 Å². The second kappa shape index (κ2) is 7.39. The number of amides is 1.